The van der Waals surface area contributed by atoms with Crippen LogP contribution < -0.4 is 5.73 Å². The first-order valence-electron chi connectivity index (χ1n) is 7.33. The summed E-state index contributed by atoms with van der Waals surface area (Å²) >= 11 is 3.67. The molecular formula is C15H26BrN3. The van der Waals surface area contributed by atoms with E-state index in [1.54, 1.807) is 0 Å². The van der Waals surface area contributed by atoms with Crippen molar-refractivity contribution in [3.63, 3.8) is 0 Å². The lowest BCUT2D eigenvalue weighted by atomic mass is 9.72. The number of hydrogen-bond acceptors (Lipinski definition) is 2. The molecular weight excluding hydrogens is 302 g/mol. The Labute approximate surface area is 125 Å². The fourth-order valence-electron chi connectivity index (χ4n) is 3.31. The van der Waals surface area contributed by atoms with Gasteiger partial charge >= 0.3 is 0 Å². The Morgan fingerprint density at radius 1 is 1.42 bits per heavy atom. The number of aryl methyl sites for hydroxylation is 2. The van der Waals surface area contributed by atoms with E-state index in [0.29, 0.717) is 12.0 Å². The minimum atomic E-state index is 0.345. The number of aromatic nitrogens is 2. The predicted molar refractivity (Wildman–Crippen MR) is 83.0 cm³/mol. The van der Waals surface area contributed by atoms with Gasteiger partial charge in [-0.25, -0.2) is 0 Å². The van der Waals surface area contributed by atoms with Gasteiger partial charge in [0.05, 0.1) is 15.9 Å². The molecule has 3 atom stereocenters. The van der Waals surface area contributed by atoms with Crippen molar-refractivity contribution in [1.29, 1.82) is 0 Å². The third-order valence-electron chi connectivity index (χ3n) is 4.74. The Morgan fingerprint density at radius 3 is 2.63 bits per heavy atom. The molecule has 0 radical (unpaired) electrons. The zero-order valence-electron chi connectivity index (χ0n) is 12.5. The quantitative estimate of drug-likeness (QED) is 0.924. The molecule has 108 valence electrons. The second-order valence-electron chi connectivity index (χ2n) is 6.41. The van der Waals surface area contributed by atoms with Crippen LogP contribution >= 0.6 is 15.9 Å². The van der Waals surface area contributed by atoms with Crippen molar-refractivity contribution in [2.24, 2.45) is 30.5 Å². The summed E-state index contributed by atoms with van der Waals surface area (Å²) in [4.78, 5) is 0. The van der Waals surface area contributed by atoms with Gasteiger partial charge in [0.15, 0.2) is 0 Å². The summed E-state index contributed by atoms with van der Waals surface area (Å²) in [6, 6.07) is 0.345. The Bertz CT molecular complexity index is 439. The minimum absolute atomic E-state index is 0.345. The van der Waals surface area contributed by atoms with Crippen molar-refractivity contribution in [3.05, 3.63) is 15.9 Å². The molecule has 1 aromatic rings. The van der Waals surface area contributed by atoms with Gasteiger partial charge in [-0.3, -0.25) is 4.68 Å². The highest BCUT2D eigenvalue weighted by atomic mass is 79.9. The molecule has 1 heterocycles. The summed E-state index contributed by atoms with van der Waals surface area (Å²) in [5.41, 5.74) is 8.72. The monoisotopic (exact) mass is 327 g/mol. The van der Waals surface area contributed by atoms with Crippen LogP contribution in [0.2, 0.25) is 0 Å². The van der Waals surface area contributed by atoms with E-state index < -0.39 is 0 Å². The summed E-state index contributed by atoms with van der Waals surface area (Å²) in [5.74, 6) is 2.19. The molecule has 0 saturated heterocycles. The molecule has 0 aliphatic heterocycles. The number of rotatable bonds is 3. The summed E-state index contributed by atoms with van der Waals surface area (Å²) in [5, 5.41) is 4.48. The molecule has 1 saturated carbocycles. The first-order chi connectivity index (χ1) is 8.90. The van der Waals surface area contributed by atoms with Crippen molar-refractivity contribution < 1.29 is 0 Å². The van der Waals surface area contributed by atoms with Crippen LogP contribution in [0.15, 0.2) is 4.47 Å². The van der Waals surface area contributed by atoms with Crippen molar-refractivity contribution in [2.75, 3.05) is 0 Å². The van der Waals surface area contributed by atoms with E-state index in [4.69, 9.17) is 5.73 Å². The van der Waals surface area contributed by atoms with Crippen LogP contribution in [0.1, 0.15) is 44.5 Å². The highest BCUT2D eigenvalue weighted by Gasteiger charge is 2.31. The molecule has 0 aromatic carbocycles. The second kappa shape index (κ2) is 5.96. The van der Waals surface area contributed by atoms with Gasteiger partial charge < -0.3 is 5.73 Å². The fraction of sp³-hybridized carbons (Fsp3) is 0.800. The zero-order chi connectivity index (χ0) is 14.2. The molecule has 0 amide bonds. The van der Waals surface area contributed by atoms with Crippen molar-refractivity contribution in [1.82, 2.24) is 9.78 Å². The van der Waals surface area contributed by atoms with Crippen molar-refractivity contribution in [3.8, 4) is 0 Å². The first-order valence-corrected chi connectivity index (χ1v) is 8.13. The topological polar surface area (TPSA) is 43.8 Å². The van der Waals surface area contributed by atoms with Crippen molar-refractivity contribution >= 4 is 15.9 Å². The minimum Gasteiger partial charge on any atom is -0.327 e. The fourth-order valence-corrected chi connectivity index (χ4v) is 3.81. The average Bonchev–Trinajstić information content (AvgIpc) is 2.58. The Morgan fingerprint density at radius 2 is 2.11 bits per heavy atom. The lowest BCUT2D eigenvalue weighted by Gasteiger charge is -2.36. The molecule has 1 aliphatic rings. The third kappa shape index (κ3) is 3.22. The first kappa shape index (κ1) is 15.0. The molecule has 0 spiro atoms. The Kier molecular flexibility index (Phi) is 4.72. The van der Waals surface area contributed by atoms with E-state index in [1.807, 2.05) is 18.7 Å². The maximum atomic E-state index is 6.35. The van der Waals surface area contributed by atoms with Gasteiger partial charge in [-0.2, -0.15) is 5.10 Å². The van der Waals surface area contributed by atoms with E-state index in [2.05, 4.69) is 34.9 Å². The summed E-state index contributed by atoms with van der Waals surface area (Å²) < 4.78 is 3.17. The molecule has 2 N–H and O–H groups in total. The Hall–Kier alpha value is -0.350. The van der Waals surface area contributed by atoms with E-state index >= 15 is 0 Å². The number of hydrogen-bond donors (Lipinski definition) is 1. The van der Waals surface area contributed by atoms with E-state index in [9.17, 15) is 0 Å². The number of nitrogens with two attached hydrogens (primary N) is 1. The van der Waals surface area contributed by atoms with Crippen LogP contribution in [0, 0.1) is 24.7 Å². The number of halogens is 1. The van der Waals surface area contributed by atoms with E-state index in [1.165, 1.54) is 25.0 Å². The third-order valence-corrected chi connectivity index (χ3v) is 5.77. The maximum absolute atomic E-state index is 6.35. The van der Waals surface area contributed by atoms with Crippen LogP contribution in [0.5, 0.6) is 0 Å². The van der Waals surface area contributed by atoms with Gasteiger partial charge in [0.2, 0.25) is 0 Å². The second-order valence-corrected chi connectivity index (χ2v) is 7.21. The summed E-state index contributed by atoms with van der Waals surface area (Å²) in [7, 11) is 2.03. The van der Waals surface area contributed by atoms with Crippen LogP contribution in [0.4, 0.5) is 0 Å². The van der Waals surface area contributed by atoms with E-state index in [-0.39, 0.29) is 0 Å². The normalized spacial score (nSPS) is 28.1. The molecule has 1 aromatic heterocycles. The SMILES string of the molecule is Cc1nn(C)c(CC2CC(C(C)C)CCC2N)c1Br. The van der Waals surface area contributed by atoms with Crippen LogP contribution in [0.25, 0.3) is 0 Å². The smallest absolute Gasteiger partial charge is 0.0738 e. The molecule has 0 bridgehead atoms. The molecule has 3 nitrogen and oxygen atoms in total. The maximum Gasteiger partial charge on any atom is 0.0738 e. The molecule has 4 heteroatoms. The van der Waals surface area contributed by atoms with Gasteiger partial charge in [-0.15, -0.1) is 0 Å². The van der Waals surface area contributed by atoms with Crippen molar-refractivity contribution in [2.45, 2.75) is 52.5 Å². The highest BCUT2D eigenvalue weighted by Crippen LogP contribution is 2.36. The van der Waals surface area contributed by atoms with Gasteiger partial charge in [-0.1, -0.05) is 13.8 Å². The van der Waals surface area contributed by atoms with Gasteiger partial charge in [0.25, 0.3) is 0 Å². The molecule has 1 fully saturated rings. The highest BCUT2D eigenvalue weighted by molar-refractivity contribution is 9.10. The van der Waals surface area contributed by atoms with Gasteiger partial charge in [0.1, 0.15) is 0 Å². The molecule has 1 aliphatic carbocycles. The predicted octanol–water partition coefficient (Wildman–Crippen LogP) is 3.43. The van der Waals surface area contributed by atoms with Gasteiger partial charge in [0, 0.05) is 13.1 Å². The van der Waals surface area contributed by atoms with Crippen LogP contribution in [-0.2, 0) is 13.5 Å². The van der Waals surface area contributed by atoms with Crippen LogP contribution in [-0.4, -0.2) is 15.8 Å². The number of nitrogens with zero attached hydrogens (tertiary/aromatic N) is 2. The lowest BCUT2D eigenvalue weighted by molar-refractivity contribution is 0.187. The summed E-state index contributed by atoms with van der Waals surface area (Å²) in [6.45, 7) is 6.72. The molecule has 2 rings (SSSR count). The summed E-state index contributed by atoms with van der Waals surface area (Å²) in [6.07, 6.45) is 4.76. The van der Waals surface area contributed by atoms with Crippen LogP contribution in [0.3, 0.4) is 0 Å². The largest absolute Gasteiger partial charge is 0.327 e. The van der Waals surface area contributed by atoms with Gasteiger partial charge in [-0.05, 0) is 66.3 Å². The lowest BCUT2D eigenvalue weighted by Crippen LogP contribution is -2.38. The standard InChI is InChI=1S/C15H26BrN3/c1-9(2)11-5-6-13(17)12(7-11)8-14-15(16)10(3)18-19(14)4/h9,11-13H,5-8,17H2,1-4H3. The zero-order valence-corrected chi connectivity index (χ0v) is 14.1. The van der Waals surface area contributed by atoms with E-state index in [0.717, 1.165) is 28.4 Å². The molecule has 3 unspecified atom stereocenters. The Balaban J connectivity index is 2.12. The average molecular weight is 328 g/mol. The molecule has 19 heavy (non-hydrogen) atoms.